The van der Waals surface area contributed by atoms with Crippen molar-refractivity contribution in [1.29, 1.82) is 0 Å². The molecule has 0 aliphatic rings. The molecule has 0 bridgehead atoms. The molecule has 8 nitrogen and oxygen atoms in total. The number of hydrogen-bond donors (Lipinski definition) is 2. The molecule has 0 aromatic heterocycles. The Morgan fingerprint density at radius 3 is 1.34 bits per heavy atom. The van der Waals surface area contributed by atoms with Crippen LogP contribution in [0.15, 0.2) is 61.1 Å². The minimum atomic E-state index is -3.29. The third-order valence-electron chi connectivity index (χ3n) is 3.28. The van der Waals surface area contributed by atoms with E-state index in [1.165, 1.54) is 12.5 Å². The first-order valence-electron chi connectivity index (χ1n) is 8.33. The maximum absolute atomic E-state index is 11.1. The summed E-state index contributed by atoms with van der Waals surface area (Å²) in [5, 5.41) is 0. The van der Waals surface area contributed by atoms with Crippen LogP contribution in [0.4, 0.5) is 11.4 Å². The van der Waals surface area contributed by atoms with E-state index in [1.807, 2.05) is 0 Å². The van der Waals surface area contributed by atoms with Gasteiger partial charge in [-0.2, -0.15) is 0 Å². The van der Waals surface area contributed by atoms with Crippen LogP contribution in [0.3, 0.4) is 0 Å². The molecule has 11 heteroatoms. The number of rotatable bonds is 10. The van der Waals surface area contributed by atoms with Gasteiger partial charge < -0.3 is 9.31 Å². The Labute approximate surface area is 171 Å². The van der Waals surface area contributed by atoms with E-state index in [0.29, 0.717) is 11.4 Å². The van der Waals surface area contributed by atoms with Crippen LogP contribution in [-0.4, -0.2) is 37.0 Å². The highest BCUT2D eigenvalue weighted by Crippen LogP contribution is 2.13. The average Bonchev–Trinajstić information content (AvgIpc) is 2.61. The van der Waals surface area contributed by atoms with Gasteiger partial charge in [-0.1, -0.05) is 24.3 Å². The summed E-state index contributed by atoms with van der Waals surface area (Å²) in [4.78, 5) is 0. The van der Waals surface area contributed by atoms with Crippen molar-refractivity contribution >= 4 is 51.3 Å². The largest absolute Gasteiger partial charge is 0.575 e. The summed E-state index contributed by atoms with van der Waals surface area (Å²) < 4.78 is 59.8. The van der Waals surface area contributed by atoms with Crippen LogP contribution in [-0.2, 0) is 29.4 Å². The number of nitrogens with one attached hydrogen (secondary N) is 2. The molecule has 0 saturated carbocycles. The van der Waals surface area contributed by atoms with Gasteiger partial charge in [-0.25, -0.2) is 16.8 Å². The van der Waals surface area contributed by atoms with Crippen LogP contribution in [0.2, 0.25) is 0 Å². The third kappa shape index (κ3) is 9.72. The molecule has 0 aliphatic heterocycles. The van der Waals surface area contributed by atoms with Gasteiger partial charge in [-0.05, 0) is 47.5 Å². The smallest absolute Gasteiger partial charge is 0.535 e. The first-order chi connectivity index (χ1) is 13.6. The minimum absolute atomic E-state index is 0.00837. The monoisotopic (exact) mass is 436 g/mol. The van der Waals surface area contributed by atoms with E-state index in [0.717, 1.165) is 23.6 Å². The molecule has 0 unspecified atom stereocenters. The van der Waals surface area contributed by atoms with Gasteiger partial charge in [0, 0.05) is 11.4 Å². The van der Waals surface area contributed by atoms with E-state index in [-0.39, 0.29) is 7.69 Å². The van der Waals surface area contributed by atoms with Crippen molar-refractivity contribution < 1.29 is 26.1 Å². The summed E-state index contributed by atoms with van der Waals surface area (Å²) in [6.07, 6.45) is 8.55. The van der Waals surface area contributed by atoms with Crippen LogP contribution in [0, 0.1) is 0 Å². The lowest BCUT2D eigenvalue weighted by atomic mass is 10.2. The Bertz CT molecular complexity index is 977. The van der Waals surface area contributed by atoms with Crippen LogP contribution < -0.4 is 9.44 Å². The summed E-state index contributed by atoms with van der Waals surface area (Å²) in [6.45, 7) is 0. The van der Waals surface area contributed by atoms with Gasteiger partial charge in [0.2, 0.25) is 20.0 Å². The number of hydrogen-bond acceptors (Lipinski definition) is 6. The zero-order valence-corrected chi connectivity index (χ0v) is 17.5. The van der Waals surface area contributed by atoms with Crippen molar-refractivity contribution in [2.75, 3.05) is 22.0 Å². The van der Waals surface area contributed by atoms with Gasteiger partial charge in [0.25, 0.3) is 0 Å². The predicted molar refractivity (Wildman–Crippen MR) is 117 cm³/mol. The summed E-state index contributed by atoms with van der Waals surface area (Å²) in [5.74, 6) is 0. The lowest BCUT2D eigenvalue weighted by Gasteiger charge is -2.04. The van der Waals surface area contributed by atoms with Crippen molar-refractivity contribution in [3.05, 3.63) is 72.2 Å². The van der Waals surface area contributed by atoms with Gasteiger partial charge in [0.15, 0.2) is 0 Å². The fourth-order valence-corrected chi connectivity index (χ4v) is 3.25. The highest BCUT2D eigenvalue weighted by atomic mass is 32.2. The Morgan fingerprint density at radius 1 is 0.690 bits per heavy atom. The number of sulfonamides is 2. The van der Waals surface area contributed by atoms with Crippen molar-refractivity contribution in [2.45, 2.75) is 0 Å². The van der Waals surface area contributed by atoms with E-state index >= 15 is 0 Å². The molecule has 154 valence electrons. The second-order valence-electron chi connectivity index (χ2n) is 6.05. The highest BCUT2D eigenvalue weighted by molar-refractivity contribution is 7.92. The first-order valence-corrected chi connectivity index (χ1v) is 12.1. The molecule has 0 radical (unpaired) electrons. The molecule has 29 heavy (non-hydrogen) atoms. The SMILES string of the molecule is CS(=O)(=O)Nc1ccc(C=COBOC=Cc2ccc(NS(C)(=O)=O)cc2)cc1. The normalized spacial score (nSPS) is 12.1. The van der Waals surface area contributed by atoms with Gasteiger partial charge in [0.05, 0.1) is 25.0 Å². The van der Waals surface area contributed by atoms with E-state index in [2.05, 4.69) is 9.44 Å². The fraction of sp³-hybridized carbons (Fsp3) is 0.111. The molecule has 2 aromatic rings. The van der Waals surface area contributed by atoms with E-state index < -0.39 is 20.0 Å². The summed E-state index contributed by atoms with van der Waals surface area (Å²) in [6, 6.07) is 13.6. The molecule has 0 heterocycles. The summed E-state index contributed by atoms with van der Waals surface area (Å²) in [7, 11) is -6.58. The summed E-state index contributed by atoms with van der Waals surface area (Å²) >= 11 is 0. The Morgan fingerprint density at radius 2 is 1.03 bits per heavy atom. The topological polar surface area (TPSA) is 111 Å². The molecule has 0 amide bonds. The number of anilines is 2. The fourth-order valence-electron chi connectivity index (χ4n) is 2.12. The first kappa shape index (κ1) is 22.4. The molecular weight excluding hydrogens is 415 g/mol. The quantitative estimate of drug-likeness (QED) is 0.336. The van der Waals surface area contributed by atoms with E-state index in [9.17, 15) is 16.8 Å². The average molecular weight is 436 g/mol. The second kappa shape index (κ2) is 10.0. The Kier molecular flexibility index (Phi) is 7.74. The standard InChI is InChI=1S/C18H21BN2O6S2/c1-28(22,23)20-17-7-3-15(4-8-17)11-13-26-19-27-14-12-16-5-9-18(10-6-16)21-29(2,24)25/h3-14,19-21H,1-2H3. The van der Waals surface area contributed by atoms with Crippen molar-refractivity contribution in [3.63, 3.8) is 0 Å². The molecule has 2 N–H and O–H groups in total. The van der Waals surface area contributed by atoms with Crippen LogP contribution in [0.1, 0.15) is 11.1 Å². The van der Waals surface area contributed by atoms with Crippen molar-refractivity contribution in [2.24, 2.45) is 0 Å². The molecule has 0 atom stereocenters. The van der Waals surface area contributed by atoms with Gasteiger partial charge in [-0.15, -0.1) is 0 Å². The second-order valence-corrected chi connectivity index (χ2v) is 9.55. The molecule has 2 aromatic carbocycles. The predicted octanol–water partition coefficient (Wildman–Crippen LogP) is 2.37. The van der Waals surface area contributed by atoms with E-state index in [4.69, 9.17) is 9.31 Å². The van der Waals surface area contributed by atoms with Crippen LogP contribution in [0.25, 0.3) is 12.2 Å². The van der Waals surface area contributed by atoms with Gasteiger partial charge >= 0.3 is 7.69 Å². The minimum Gasteiger partial charge on any atom is -0.535 e. The third-order valence-corrected chi connectivity index (χ3v) is 4.49. The molecule has 0 saturated heterocycles. The Balaban J connectivity index is 1.72. The highest BCUT2D eigenvalue weighted by Gasteiger charge is 2.01. The van der Waals surface area contributed by atoms with E-state index in [1.54, 1.807) is 60.7 Å². The van der Waals surface area contributed by atoms with Crippen molar-refractivity contribution in [3.8, 4) is 0 Å². The molecule has 2 rings (SSSR count). The Hall–Kier alpha value is -2.92. The zero-order valence-electron chi connectivity index (χ0n) is 15.9. The molecule has 0 spiro atoms. The molecule has 0 aliphatic carbocycles. The van der Waals surface area contributed by atoms with Gasteiger partial charge in [0.1, 0.15) is 0 Å². The molecule has 0 fully saturated rings. The van der Waals surface area contributed by atoms with Crippen molar-refractivity contribution in [1.82, 2.24) is 0 Å². The lowest BCUT2D eigenvalue weighted by molar-refractivity contribution is 0.380. The lowest BCUT2D eigenvalue weighted by Crippen LogP contribution is -2.09. The van der Waals surface area contributed by atoms with Gasteiger partial charge in [-0.3, -0.25) is 9.44 Å². The maximum Gasteiger partial charge on any atom is 0.575 e. The summed E-state index contributed by atoms with van der Waals surface area (Å²) in [5.41, 5.74) is 2.64. The maximum atomic E-state index is 11.1. The van der Waals surface area contributed by atoms with Crippen LogP contribution >= 0.6 is 0 Å². The zero-order chi connectivity index (χ0) is 21.3. The number of benzene rings is 2. The molecular formula is C18H21BN2O6S2. The van der Waals surface area contributed by atoms with Crippen LogP contribution in [0.5, 0.6) is 0 Å².